The van der Waals surface area contributed by atoms with E-state index in [1.54, 1.807) is 23.1 Å². The van der Waals surface area contributed by atoms with Crippen molar-refractivity contribution in [3.8, 4) is 0 Å². The zero-order valence-corrected chi connectivity index (χ0v) is 16.7. The Morgan fingerprint density at radius 3 is 2.96 bits per heavy atom. The van der Waals surface area contributed by atoms with Gasteiger partial charge in [0, 0.05) is 25.4 Å². The van der Waals surface area contributed by atoms with E-state index in [4.69, 9.17) is 0 Å². The molecule has 2 heterocycles. The van der Waals surface area contributed by atoms with Gasteiger partial charge in [0.2, 0.25) is 11.8 Å². The summed E-state index contributed by atoms with van der Waals surface area (Å²) in [6.45, 7) is 9.14. The largest absolute Gasteiger partial charge is 0.355 e. The van der Waals surface area contributed by atoms with Gasteiger partial charge in [0.15, 0.2) is 4.34 Å². The molecule has 140 valence electrons. The molecule has 0 bridgehead atoms. The Labute approximate surface area is 157 Å². The van der Waals surface area contributed by atoms with Crippen molar-refractivity contribution in [1.29, 1.82) is 0 Å². The molecule has 1 aliphatic rings. The third-order valence-corrected chi connectivity index (χ3v) is 5.95. The van der Waals surface area contributed by atoms with E-state index in [2.05, 4.69) is 39.6 Å². The number of thioether (sulfide) groups is 1. The fraction of sp³-hybridized carbons (Fsp3) is 0.750. The molecule has 0 spiro atoms. The fourth-order valence-corrected chi connectivity index (χ4v) is 4.33. The van der Waals surface area contributed by atoms with Gasteiger partial charge in [-0.25, -0.2) is 0 Å². The summed E-state index contributed by atoms with van der Waals surface area (Å²) < 4.78 is 0.915. The summed E-state index contributed by atoms with van der Waals surface area (Å²) in [4.78, 5) is 26.5. The van der Waals surface area contributed by atoms with E-state index >= 15 is 0 Å². The lowest BCUT2D eigenvalue weighted by atomic mass is 10.1. The predicted octanol–water partition coefficient (Wildman–Crippen LogP) is 1.29. The van der Waals surface area contributed by atoms with Crippen LogP contribution in [0.25, 0.3) is 0 Å². The van der Waals surface area contributed by atoms with Gasteiger partial charge in [0.05, 0.1) is 12.5 Å². The molecule has 0 radical (unpaired) electrons. The first-order valence-electron chi connectivity index (χ1n) is 8.67. The summed E-state index contributed by atoms with van der Waals surface area (Å²) in [5.74, 6) is 1.21. The van der Waals surface area contributed by atoms with E-state index < -0.39 is 0 Å². The minimum absolute atomic E-state index is 0.0381. The maximum Gasteiger partial charge on any atom is 0.237 e. The van der Waals surface area contributed by atoms with Gasteiger partial charge in [-0.2, -0.15) is 0 Å². The Morgan fingerprint density at radius 2 is 2.28 bits per heavy atom. The minimum Gasteiger partial charge on any atom is -0.355 e. The number of nitrogens with zero attached hydrogens (tertiary/aromatic N) is 3. The van der Waals surface area contributed by atoms with Crippen LogP contribution in [0.15, 0.2) is 4.34 Å². The van der Waals surface area contributed by atoms with Gasteiger partial charge in [-0.05, 0) is 25.8 Å². The van der Waals surface area contributed by atoms with Crippen molar-refractivity contribution < 1.29 is 9.59 Å². The molecule has 1 aliphatic heterocycles. The summed E-state index contributed by atoms with van der Waals surface area (Å²) in [6, 6.07) is -0.356. The lowest BCUT2D eigenvalue weighted by Crippen LogP contribution is -2.56. The smallest absolute Gasteiger partial charge is 0.237 e. The average Bonchev–Trinajstić information content (AvgIpc) is 2.97. The number of aromatic nitrogens is 2. The molecule has 2 N–H and O–H groups in total. The molecule has 25 heavy (non-hydrogen) atoms. The van der Waals surface area contributed by atoms with Gasteiger partial charge in [0.25, 0.3) is 0 Å². The fourth-order valence-electron chi connectivity index (χ4n) is 2.59. The van der Waals surface area contributed by atoms with Crippen LogP contribution in [0.4, 0.5) is 0 Å². The molecule has 0 aliphatic carbocycles. The standard InChI is InChI=1S/C16H27N5O2S2/c1-11(2)4-7-21-8-5-18-15(23)13(21)10-14(22)17-6-9-24-16-20-19-12(3)25-16/h11,13H,4-10H2,1-3H3,(H,17,22)(H,18,23). The second kappa shape index (κ2) is 10.1. The Balaban J connectivity index is 1.73. The molecule has 1 fully saturated rings. The van der Waals surface area contributed by atoms with Crippen LogP contribution in [-0.2, 0) is 9.59 Å². The number of carbonyl (C=O) groups excluding carboxylic acids is 2. The minimum atomic E-state index is -0.356. The molecule has 1 unspecified atom stereocenters. The molecule has 2 amide bonds. The van der Waals surface area contributed by atoms with Crippen LogP contribution in [0, 0.1) is 12.8 Å². The number of amides is 2. The molecule has 1 aromatic rings. The summed E-state index contributed by atoms with van der Waals surface area (Å²) in [5, 5.41) is 14.7. The predicted molar refractivity (Wildman–Crippen MR) is 101 cm³/mol. The topological polar surface area (TPSA) is 87.2 Å². The van der Waals surface area contributed by atoms with Crippen molar-refractivity contribution in [2.75, 3.05) is 31.9 Å². The Bertz CT molecular complexity index is 579. The normalized spacial score (nSPS) is 18.4. The molecule has 1 atom stereocenters. The van der Waals surface area contributed by atoms with Crippen molar-refractivity contribution >= 4 is 34.9 Å². The van der Waals surface area contributed by atoms with E-state index in [0.29, 0.717) is 19.0 Å². The third kappa shape index (κ3) is 6.91. The summed E-state index contributed by atoms with van der Waals surface area (Å²) in [6.07, 6.45) is 1.25. The molecular formula is C16H27N5O2S2. The number of hydrogen-bond donors (Lipinski definition) is 2. The second-order valence-corrected chi connectivity index (χ2v) is 9.04. The zero-order valence-electron chi connectivity index (χ0n) is 15.1. The van der Waals surface area contributed by atoms with Crippen LogP contribution in [0.5, 0.6) is 0 Å². The van der Waals surface area contributed by atoms with Crippen LogP contribution in [0.2, 0.25) is 0 Å². The van der Waals surface area contributed by atoms with Crippen LogP contribution in [-0.4, -0.2) is 64.9 Å². The maximum absolute atomic E-state index is 12.2. The van der Waals surface area contributed by atoms with Gasteiger partial charge in [-0.15, -0.1) is 10.2 Å². The number of piperazine rings is 1. The molecule has 1 saturated heterocycles. The van der Waals surface area contributed by atoms with Crippen LogP contribution < -0.4 is 10.6 Å². The monoisotopic (exact) mass is 385 g/mol. The van der Waals surface area contributed by atoms with Crippen LogP contribution in [0.1, 0.15) is 31.7 Å². The maximum atomic E-state index is 12.2. The van der Waals surface area contributed by atoms with E-state index in [9.17, 15) is 9.59 Å². The first kappa shape index (κ1) is 20.1. The van der Waals surface area contributed by atoms with E-state index in [-0.39, 0.29) is 24.3 Å². The highest BCUT2D eigenvalue weighted by Gasteiger charge is 2.31. The summed E-state index contributed by atoms with van der Waals surface area (Å²) in [7, 11) is 0. The molecule has 7 nitrogen and oxygen atoms in total. The Kier molecular flexibility index (Phi) is 8.11. The van der Waals surface area contributed by atoms with Crippen molar-refractivity contribution in [1.82, 2.24) is 25.7 Å². The number of aryl methyl sites for hydroxylation is 1. The van der Waals surface area contributed by atoms with E-state index in [0.717, 1.165) is 34.6 Å². The van der Waals surface area contributed by atoms with Gasteiger partial charge in [0.1, 0.15) is 5.01 Å². The Hall–Kier alpha value is -1.19. The molecule has 0 aromatic carbocycles. The van der Waals surface area contributed by atoms with E-state index in [1.807, 2.05) is 6.92 Å². The van der Waals surface area contributed by atoms with Gasteiger partial charge >= 0.3 is 0 Å². The second-order valence-electron chi connectivity index (χ2n) is 6.51. The highest BCUT2D eigenvalue weighted by Crippen LogP contribution is 2.21. The lowest BCUT2D eigenvalue weighted by Gasteiger charge is -2.35. The van der Waals surface area contributed by atoms with Crippen LogP contribution in [0.3, 0.4) is 0 Å². The molecule has 9 heteroatoms. The molecule has 1 aromatic heterocycles. The van der Waals surface area contributed by atoms with Crippen molar-refractivity contribution in [3.05, 3.63) is 5.01 Å². The highest BCUT2D eigenvalue weighted by molar-refractivity contribution is 8.01. The number of carbonyl (C=O) groups is 2. The quantitative estimate of drug-likeness (QED) is 0.492. The Morgan fingerprint density at radius 1 is 1.48 bits per heavy atom. The molecule has 0 saturated carbocycles. The third-order valence-electron chi connectivity index (χ3n) is 3.97. The lowest BCUT2D eigenvalue weighted by molar-refractivity contribution is -0.134. The van der Waals surface area contributed by atoms with Gasteiger partial charge in [-0.1, -0.05) is 36.9 Å². The summed E-state index contributed by atoms with van der Waals surface area (Å²) >= 11 is 3.13. The SMILES string of the molecule is Cc1nnc(SCCNC(=O)CC2C(=O)NCCN2CCC(C)C)s1. The first-order chi connectivity index (χ1) is 12.0. The van der Waals surface area contributed by atoms with Crippen molar-refractivity contribution in [2.45, 2.75) is 44.0 Å². The van der Waals surface area contributed by atoms with Gasteiger partial charge < -0.3 is 10.6 Å². The van der Waals surface area contributed by atoms with Crippen molar-refractivity contribution in [3.63, 3.8) is 0 Å². The first-order valence-corrected chi connectivity index (χ1v) is 10.5. The van der Waals surface area contributed by atoms with Gasteiger partial charge in [-0.3, -0.25) is 14.5 Å². The number of nitrogens with one attached hydrogen (secondary N) is 2. The van der Waals surface area contributed by atoms with Crippen LogP contribution >= 0.6 is 23.1 Å². The average molecular weight is 386 g/mol. The molecular weight excluding hydrogens is 358 g/mol. The molecule has 2 rings (SSSR count). The van der Waals surface area contributed by atoms with Crippen molar-refractivity contribution in [2.24, 2.45) is 5.92 Å². The zero-order chi connectivity index (χ0) is 18.2. The highest BCUT2D eigenvalue weighted by atomic mass is 32.2. The number of hydrogen-bond acceptors (Lipinski definition) is 7. The van der Waals surface area contributed by atoms with E-state index in [1.165, 1.54) is 0 Å². The summed E-state index contributed by atoms with van der Waals surface area (Å²) in [5.41, 5.74) is 0. The number of rotatable bonds is 9.